The van der Waals surface area contributed by atoms with Gasteiger partial charge in [-0.1, -0.05) is 0 Å². The fourth-order valence-corrected chi connectivity index (χ4v) is 1.72. The molecule has 0 fully saturated rings. The number of likely N-dealkylation sites (N-methyl/N-ethyl adjacent to an activating group) is 1. The van der Waals surface area contributed by atoms with Crippen LogP contribution in [0.25, 0.3) is 0 Å². The molecule has 22 heavy (non-hydrogen) atoms. The zero-order valence-electron chi connectivity index (χ0n) is 12.6. The van der Waals surface area contributed by atoms with Crippen LogP contribution >= 0.6 is 0 Å². The topological polar surface area (TPSA) is 59.5 Å². The van der Waals surface area contributed by atoms with Gasteiger partial charge in [-0.25, -0.2) is 4.79 Å². The van der Waals surface area contributed by atoms with Crippen LogP contribution in [-0.4, -0.2) is 34.9 Å². The fraction of sp³-hybridized carbons (Fsp3) is 0.500. The number of alkyl halides is 3. The molecule has 0 aliphatic carbocycles. The summed E-state index contributed by atoms with van der Waals surface area (Å²) in [5.41, 5.74) is -2.25. The van der Waals surface area contributed by atoms with Crippen molar-refractivity contribution >= 4 is 12.4 Å². The highest BCUT2D eigenvalue weighted by Gasteiger charge is 2.37. The van der Waals surface area contributed by atoms with E-state index in [9.17, 15) is 22.8 Å². The highest BCUT2D eigenvalue weighted by Crippen LogP contribution is 2.35. The van der Waals surface area contributed by atoms with Crippen LogP contribution in [-0.2, 0) is 15.7 Å². The zero-order chi connectivity index (χ0) is 17.1. The number of amides is 1. The molecule has 0 saturated carbocycles. The molecule has 0 saturated heterocycles. The summed E-state index contributed by atoms with van der Waals surface area (Å²) in [6.45, 7) is 4.84. The van der Waals surface area contributed by atoms with E-state index in [1.165, 1.54) is 7.05 Å². The first-order chi connectivity index (χ1) is 9.97. The van der Waals surface area contributed by atoms with Crippen LogP contribution in [0.5, 0.6) is 0 Å². The van der Waals surface area contributed by atoms with Crippen molar-refractivity contribution < 1.29 is 27.5 Å². The number of ether oxygens (including phenoxy) is 1. The number of aldehydes is 1. The molecule has 0 spiro atoms. The van der Waals surface area contributed by atoms with Crippen molar-refractivity contribution in [3.8, 4) is 0 Å². The Labute approximate surface area is 126 Å². The van der Waals surface area contributed by atoms with Gasteiger partial charge in [0, 0.05) is 19.4 Å². The average Bonchev–Trinajstić information content (AvgIpc) is 2.36. The lowest BCUT2D eigenvalue weighted by Gasteiger charge is -2.29. The number of aromatic nitrogens is 1. The molecule has 1 aromatic rings. The molecule has 0 radical (unpaired) electrons. The van der Waals surface area contributed by atoms with E-state index >= 15 is 0 Å². The molecule has 1 unspecified atom stereocenters. The van der Waals surface area contributed by atoms with E-state index in [1.54, 1.807) is 20.8 Å². The van der Waals surface area contributed by atoms with Crippen LogP contribution in [0.4, 0.5) is 18.0 Å². The van der Waals surface area contributed by atoms with E-state index in [2.05, 4.69) is 4.98 Å². The van der Waals surface area contributed by atoms with Crippen molar-refractivity contribution in [3.05, 3.63) is 29.6 Å². The molecule has 1 heterocycles. The summed E-state index contributed by atoms with van der Waals surface area (Å²) in [5, 5.41) is 0. The molecule has 0 aliphatic rings. The number of halogens is 3. The largest absolute Gasteiger partial charge is 0.444 e. The van der Waals surface area contributed by atoms with Gasteiger partial charge in [0.25, 0.3) is 0 Å². The van der Waals surface area contributed by atoms with Crippen LogP contribution in [0.1, 0.15) is 37.9 Å². The highest BCUT2D eigenvalue weighted by molar-refractivity contribution is 5.75. The summed E-state index contributed by atoms with van der Waals surface area (Å²) >= 11 is 0. The number of rotatable bonds is 3. The molecule has 1 aromatic heterocycles. The summed E-state index contributed by atoms with van der Waals surface area (Å²) in [5.74, 6) is 0. The van der Waals surface area contributed by atoms with E-state index in [4.69, 9.17) is 4.74 Å². The molecule has 1 rings (SSSR count). The summed E-state index contributed by atoms with van der Waals surface area (Å²) in [6, 6.07) is -0.363. The predicted octanol–water partition coefficient (Wildman–Crippen LogP) is 3.21. The second-order valence-corrected chi connectivity index (χ2v) is 5.63. The van der Waals surface area contributed by atoms with Crippen molar-refractivity contribution in [3.63, 3.8) is 0 Å². The van der Waals surface area contributed by atoms with Gasteiger partial charge in [0.15, 0.2) is 0 Å². The summed E-state index contributed by atoms with van der Waals surface area (Å²) < 4.78 is 44.0. The Kier molecular flexibility index (Phi) is 5.16. The molecular weight excluding hydrogens is 301 g/mol. The molecule has 122 valence electrons. The van der Waals surface area contributed by atoms with E-state index in [0.29, 0.717) is 6.20 Å². The van der Waals surface area contributed by atoms with Crippen LogP contribution in [0, 0.1) is 0 Å². The second-order valence-electron chi connectivity index (χ2n) is 5.63. The van der Waals surface area contributed by atoms with E-state index in [1.807, 2.05) is 0 Å². The standard InChI is InChI=1S/C14H17F3N2O3/c1-13(2,3)22-12(21)19(4)11(8-20)9-5-6-18-7-10(9)14(15,16)17/h5-8,11H,1-4H3. The minimum atomic E-state index is -4.68. The Hall–Kier alpha value is -2.12. The van der Waals surface area contributed by atoms with Crippen LogP contribution in [0.2, 0.25) is 0 Å². The molecule has 0 N–H and O–H groups in total. The number of hydrogen-bond donors (Lipinski definition) is 0. The number of carbonyl (C=O) groups excluding carboxylic acids is 2. The summed E-state index contributed by atoms with van der Waals surface area (Å²) in [6.07, 6.45) is -3.57. The third-order valence-corrected chi connectivity index (χ3v) is 2.71. The maximum absolute atomic E-state index is 13.0. The van der Waals surface area contributed by atoms with Crippen LogP contribution in [0.3, 0.4) is 0 Å². The van der Waals surface area contributed by atoms with Crippen molar-refractivity contribution in [1.82, 2.24) is 9.88 Å². The zero-order valence-corrected chi connectivity index (χ0v) is 12.6. The molecule has 0 aliphatic heterocycles. The second kappa shape index (κ2) is 6.33. The average molecular weight is 318 g/mol. The minimum absolute atomic E-state index is 0.258. The fourth-order valence-electron chi connectivity index (χ4n) is 1.72. The maximum Gasteiger partial charge on any atom is 0.418 e. The Morgan fingerprint density at radius 2 is 1.95 bits per heavy atom. The van der Waals surface area contributed by atoms with Gasteiger partial charge >= 0.3 is 12.3 Å². The van der Waals surface area contributed by atoms with Crippen molar-refractivity contribution in [2.45, 2.75) is 38.6 Å². The van der Waals surface area contributed by atoms with Crippen molar-refractivity contribution in [2.75, 3.05) is 7.05 Å². The van der Waals surface area contributed by atoms with Gasteiger partial charge in [0.2, 0.25) is 0 Å². The summed E-state index contributed by atoms with van der Waals surface area (Å²) in [4.78, 5) is 27.4. The van der Waals surface area contributed by atoms with Gasteiger partial charge in [-0.2, -0.15) is 13.2 Å². The lowest BCUT2D eigenvalue weighted by Crippen LogP contribution is -2.38. The number of nitrogens with zero attached hydrogens (tertiary/aromatic N) is 2. The normalized spacial score (nSPS) is 13.4. The van der Waals surface area contributed by atoms with E-state index < -0.39 is 29.5 Å². The molecule has 5 nitrogen and oxygen atoms in total. The number of carbonyl (C=O) groups is 2. The lowest BCUT2D eigenvalue weighted by molar-refractivity contribution is -0.139. The van der Waals surface area contributed by atoms with Gasteiger partial charge in [0.1, 0.15) is 17.9 Å². The van der Waals surface area contributed by atoms with Crippen molar-refractivity contribution in [1.29, 1.82) is 0 Å². The third-order valence-electron chi connectivity index (χ3n) is 2.71. The maximum atomic E-state index is 13.0. The molecular formula is C14H17F3N2O3. The van der Waals surface area contributed by atoms with E-state index in [-0.39, 0.29) is 11.8 Å². The Bertz CT molecular complexity index is 553. The molecule has 8 heteroatoms. The first kappa shape index (κ1) is 17.9. The predicted molar refractivity (Wildman–Crippen MR) is 72.0 cm³/mol. The number of hydrogen-bond acceptors (Lipinski definition) is 4. The smallest absolute Gasteiger partial charge is 0.418 e. The monoisotopic (exact) mass is 318 g/mol. The SMILES string of the molecule is CN(C(=O)OC(C)(C)C)C(C=O)c1ccncc1C(F)(F)F. The van der Waals surface area contributed by atoms with Crippen LogP contribution in [0.15, 0.2) is 18.5 Å². The minimum Gasteiger partial charge on any atom is -0.444 e. The first-order valence-electron chi connectivity index (χ1n) is 6.39. The van der Waals surface area contributed by atoms with Gasteiger partial charge in [0.05, 0.1) is 5.56 Å². The quantitative estimate of drug-likeness (QED) is 0.803. The Balaban J connectivity index is 3.17. The van der Waals surface area contributed by atoms with E-state index in [0.717, 1.165) is 17.2 Å². The van der Waals surface area contributed by atoms with Gasteiger partial charge < -0.3 is 9.53 Å². The van der Waals surface area contributed by atoms with Gasteiger partial charge in [-0.15, -0.1) is 0 Å². The molecule has 0 aromatic carbocycles. The Morgan fingerprint density at radius 3 is 2.41 bits per heavy atom. The highest BCUT2D eigenvalue weighted by atomic mass is 19.4. The molecule has 0 bridgehead atoms. The lowest BCUT2D eigenvalue weighted by atomic mass is 10.0. The van der Waals surface area contributed by atoms with Gasteiger partial charge in [-0.3, -0.25) is 9.88 Å². The number of pyridine rings is 1. The Morgan fingerprint density at radius 1 is 1.36 bits per heavy atom. The first-order valence-corrected chi connectivity index (χ1v) is 6.39. The van der Waals surface area contributed by atoms with Crippen molar-refractivity contribution in [2.24, 2.45) is 0 Å². The van der Waals surface area contributed by atoms with Gasteiger partial charge in [-0.05, 0) is 32.4 Å². The third kappa shape index (κ3) is 4.44. The van der Waals surface area contributed by atoms with Crippen LogP contribution < -0.4 is 0 Å². The molecule has 1 atom stereocenters. The molecule has 1 amide bonds. The summed E-state index contributed by atoms with van der Waals surface area (Å²) in [7, 11) is 1.20.